The molecule has 7 heteroatoms. The van der Waals surface area contributed by atoms with Crippen LogP contribution in [0.4, 0.5) is 0 Å². The lowest BCUT2D eigenvalue weighted by Gasteiger charge is -2.06. The van der Waals surface area contributed by atoms with Crippen LogP contribution in [0.2, 0.25) is 10.0 Å². The third-order valence-corrected chi connectivity index (χ3v) is 3.97. The van der Waals surface area contributed by atoms with Crippen molar-refractivity contribution >= 4 is 33.3 Å². The maximum Gasteiger partial charge on any atom is 0.298 e. The number of hydrogen-bond donors (Lipinski definition) is 0. The maximum atomic E-state index is 11.7. The van der Waals surface area contributed by atoms with Gasteiger partial charge in [0.05, 0.1) is 18.2 Å². The highest BCUT2D eigenvalue weighted by molar-refractivity contribution is 7.86. The van der Waals surface area contributed by atoms with Crippen molar-refractivity contribution in [2.75, 3.05) is 13.2 Å². The number of epoxide rings is 1. The van der Waals surface area contributed by atoms with Crippen LogP contribution < -0.4 is 0 Å². The summed E-state index contributed by atoms with van der Waals surface area (Å²) in [5.74, 6) is 0. The van der Waals surface area contributed by atoms with Crippen molar-refractivity contribution in [2.45, 2.75) is 11.0 Å². The van der Waals surface area contributed by atoms with Crippen LogP contribution >= 0.6 is 23.2 Å². The number of halogens is 2. The smallest absolute Gasteiger partial charge is 0.298 e. The van der Waals surface area contributed by atoms with Gasteiger partial charge in [0.1, 0.15) is 11.0 Å². The van der Waals surface area contributed by atoms with Crippen molar-refractivity contribution in [3.05, 3.63) is 28.2 Å². The molecule has 4 nitrogen and oxygen atoms in total. The summed E-state index contributed by atoms with van der Waals surface area (Å²) in [4.78, 5) is -0.123. The topological polar surface area (TPSA) is 55.9 Å². The van der Waals surface area contributed by atoms with Crippen LogP contribution in [0.25, 0.3) is 0 Å². The molecule has 88 valence electrons. The Morgan fingerprint density at radius 2 is 2.12 bits per heavy atom. The van der Waals surface area contributed by atoms with Crippen molar-refractivity contribution in [3.8, 4) is 0 Å². The van der Waals surface area contributed by atoms with Gasteiger partial charge in [0.25, 0.3) is 10.1 Å². The Labute approximate surface area is 103 Å². The summed E-state index contributed by atoms with van der Waals surface area (Å²) < 4.78 is 33.1. The summed E-state index contributed by atoms with van der Waals surface area (Å²) in [5, 5.41) is 0.371. The van der Waals surface area contributed by atoms with Gasteiger partial charge in [-0.3, -0.25) is 4.18 Å². The van der Waals surface area contributed by atoms with Crippen LogP contribution in [-0.4, -0.2) is 27.7 Å². The Balaban J connectivity index is 2.22. The van der Waals surface area contributed by atoms with Crippen LogP contribution in [0.3, 0.4) is 0 Å². The third-order valence-electron chi connectivity index (χ3n) is 1.97. The number of ether oxygens (including phenoxy) is 1. The summed E-state index contributed by atoms with van der Waals surface area (Å²) in [5.41, 5.74) is 0. The van der Waals surface area contributed by atoms with E-state index in [0.29, 0.717) is 6.61 Å². The fourth-order valence-electron chi connectivity index (χ4n) is 1.06. The highest BCUT2D eigenvalue weighted by Crippen LogP contribution is 2.27. The molecule has 0 saturated carbocycles. The van der Waals surface area contributed by atoms with E-state index in [1.54, 1.807) is 0 Å². The number of hydrogen-bond acceptors (Lipinski definition) is 4. The van der Waals surface area contributed by atoms with Crippen LogP contribution in [-0.2, 0) is 19.0 Å². The van der Waals surface area contributed by atoms with E-state index in [9.17, 15) is 8.42 Å². The molecule has 1 aliphatic rings. The highest BCUT2D eigenvalue weighted by Gasteiger charge is 2.27. The predicted molar refractivity (Wildman–Crippen MR) is 59.3 cm³/mol. The lowest BCUT2D eigenvalue weighted by molar-refractivity contribution is 0.266. The van der Waals surface area contributed by atoms with E-state index in [1.165, 1.54) is 18.2 Å². The van der Waals surface area contributed by atoms with Gasteiger partial charge in [-0.05, 0) is 18.2 Å². The van der Waals surface area contributed by atoms with Gasteiger partial charge < -0.3 is 4.74 Å². The second-order valence-electron chi connectivity index (χ2n) is 3.27. The second-order valence-corrected chi connectivity index (χ2v) is 5.70. The molecule has 0 radical (unpaired) electrons. The SMILES string of the molecule is O=S(=O)(OC[C@@H]1CO1)c1cc(Cl)ccc1Cl. The molecule has 1 saturated heterocycles. The molecule has 2 rings (SSSR count). The number of rotatable bonds is 4. The van der Waals surface area contributed by atoms with E-state index in [0.717, 1.165) is 0 Å². The van der Waals surface area contributed by atoms with Gasteiger partial charge in [-0.15, -0.1) is 0 Å². The van der Waals surface area contributed by atoms with Crippen molar-refractivity contribution in [1.82, 2.24) is 0 Å². The Morgan fingerprint density at radius 3 is 2.75 bits per heavy atom. The van der Waals surface area contributed by atoms with Gasteiger partial charge in [0.2, 0.25) is 0 Å². The standard InChI is InChI=1S/C9H8Cl2O4S/c10-6-1-2-8(11)9(3-6)16(12,13)15-5-7-4-14-7/h1-3,7H,4-5H2/t7-/m0/s1. The Morgan fingerprint density at radius 1 is 1.44 bits per heavy atom. The van der Waals surface area contributed by atoms with Crippen molar-refractivity contribution < 1.29 is 17.3 Å². The fraction of sp³-hybridized carbons (Fsp3) is 0.333. The van der Waals surface area contributed by atoms with Gasteiger partial charge in [0, 0.05) is 5.02 Å². The monoisotopic (exact) mass is 282 g/mol. The van der Waals surface area contributed by atoms with Crippen LogP contribution in [0.5, 0.6) is 0 Å². The minimum atomic E-state index is -3.86. The summed E-state index contributed by atoms with van der Waals surface area (Å²) in [6.07, 6.45) is -0.132. The molecular weight excluding hydrogens is 275 g/mol. The van der Waals surface area contributed by atoms with Gasteiger partial charge in [-0.25, -0.2) is 0 Å². The van der Waals surface area contributed by atoms with Gasteiger partial charge in [-0.1, -0.05) is 23.2 Å². The first-order valence-electron chi connectivity index (χ1n) is 4.45. The molecule has 1 heterocycles. The molecule has 1 atom stereocenters. The lowest BCUT2D eigenvalue weighted by atomic mass is 10.4. The Kier molecular flexibility index (Phi) is 3.42. The minimum Gasteiger partial charge on any atom is -0.371 e. The predicted octanol–water partition coefficient (Wildman–Crippen LogP) is 2.10. The summed E-state index contributed by atoms with van der Waals surface area (Å²) in [6.45, 7) is 0.532. The summed E-state index contributed by atoms with van der Waals surface area (Å²) >= 11 is 11.5. The molecular formula is C9H8Cl2O4S. The third kappa shape index (κ3) is 2.87. The first-order chi connectivity index (χ1) is 7.49. The summed E-state index contributed by atoms with van der Waals surface area (Å²) in [6, 6.07) is 4.17. The highest BCUT2D eigenvalue weighted by atomic mass is 35.5. The second kappa shape index (κ2) is 4.50. The van der Waals surface area contributed by atoms with Crippen molar-refractivity contribution in [3.63, 3.8) is 0 Å². The molecule has 0 unspecified atom stereocenters. The van der Waals surface area contributed by atoms with E-state index in [2.05, 4.69) is 0 Å². The summed E-state index contributed by atoms with van der Waals surface area (Å²) in [7, 11) is -3.86. The quantitative estimate of drug-likeness (QED) is 0.627. The van der Waals surface area contributed by atoms with E-state index < -0.39 is 10.1 Å². The van der Waals surface area contributed by atoms with E-state index in [4.69, 9.17) is 32.1 Å². The van der Waals surface area contributed by atoms with Gasteiger partial charge in [-0.2, -0.15) is 8.42 Å². The fourth-order valence-corrected chi connectivity index (χ4v) is 2.74. The normalized spacial score (nSPS) is 19.8. The van der Waals surface area contributed by atoms with Crippen LogP contribution in [0, 0.1) is 0 Å². The average molecular weight is 283 g/mol. The minimum absolute atomic E-state index is 0.00513. The van der Waals surface area contributed by atoms with Crippen molar-refractivity contribution in [1.29, 1.82) is 0 Å². The zero-order chi connectivity index (χ0) is 11.8. The molecule has 1 aromatic rings. The first-order valence-corrected chi connectivity index (χ1v) is 6.61. The molecule has 0 bridgehead atoms. The molecule has 1 aliphatic heterocycles. The number of benzene rings is 1. The molecule has 0 aliphatic carbocycles. The molecule has 0 spiro atoms. The molecule has 1 fully saturated rings. The van der Waals surface area contributed by atoms with Gasteiger partial charge in [0.15, 0.2) is 0 Å². The molecule has 16 heavy (non-hydrogen) atoms. The zero-order valence-corrected chi connectivity index (χ0v) is 10.3. The van der Waals surface area contributed by atoms with E-state index in [1.807, 2.05) is 0 Å². The molecule has 0 amide bonds. The maximum absolute atomic E-state index is 11.7. The Bertz CT molecular complexity index is 496. The molecule has 0 aromatic heterocycles. The van der Waals surface area contributed by atoms with Gasteiger partial charge >= 0.3 is 0 Å². The average Bonchev–Trinajstić information content (AvgIpc) is 3.02. The molecule has 0 N–H and O–H groups in total. The lowest BCUT2D eigenvalue weighted by Crippen LogP contribution is -2.11. The largest absolute Gasteiger partial charge is 0.371 e. The van der Waals surface area contributed by atoms with E-state index >= 15 is 0 Å². The van der Waals surface area contributed by atoms with Crippen molar-refractivity contribution in [2.24, 2.45) is 0 Å². The van der Waals surface area contributed by atoms with E-state index in [-0.39, 0.29) is 27.7 Å². The van der Waals surface area contributed by atoms with Crippen LogP contribution in [0.1, 0.15) is 0 Å². The first kappa shape index (κ1) is 12.1. The zero-order valence-electron chi connectivity index (χ0n) is 8.02. The van der Waals surface area contributed by atoms with Crippen LogP contribution in [0.15, 0.2) is 23.1 Å². The molecule has 1 aromatic carbocycles. The Hall–Kier alpha value is -0.330.